The quantitative estimate of drug-likeness (QED) is 0.720. The molecular weight excluding hydrogens is 318 g/mol. The van der Waals surface area contributed by atoms with Crippen LogP contribution in [0.4, 0.5) is 16.2 Å². The summed E-state index contributed by atoms with van der Waals surface area (Å²) in [6.07, 6.45) is 1.16. The zero-order valence-electron chi connectivity index (χ0n) is 14.4. The van der Waals surface area contributed by atoms with Crippen molar-refractivity contribution >= 4 is 23.3 Å². The molecule has 25 heavy (non-hydrogen) atoms. The van der Waals surface area contributed by atoms with E-state index in [1.807, 2.05) is 31.2 Å². The molecule has 3 amide bonds. The Morgan fingerprint density at radius 2 is 1.64 bits per heavy atom. The first-order chi connectivity index (χ1) is 12.0. The molecule has 0 spiro atoms. The van der Waals surface area contributed by atoms with Crippen molar-refractivity contribution in [2.75, 3.05) is 17.7 Å². The number of amides is 3. The first-order valence-corrected chi connectivity index (χ1v) is 8.06. The molecule has 6 heteroatoms. The molecule has 2 rings (SSSR count). The van der Waals surface area contributed by atoms with Crippen molar-refractivity contribution < 1.29 is 14.3 Å². The van der Waals surface area contributed by atoms with Crippen molar-refractivity contribution in [1.82, 2.24) is 0 Å². The number of carbonyl (C=O) groups is 2. The van der Waals surface area contributed by atoms with E-state index >= 15 is 0 Å². The highest BCUT2D eigenvalue weighted by Gasteiger charge is 2.12. The van der Waals surface area contributed by atoms with Crippen molar-refractivity contribution in [3.05, 3.63) is 54.1 Å². The molecular formula is C19H23N3O3. The summed E-state index contributed by atoms with van der Waals surface area (Å²) in [6, 6.07) is 14.0. The standard InChI is InChI=1S/C19H23N3O3/c1-13(11-14-5-3-4-6-17(14)25-2)12-18(23)21-15-7-9-16(10-8-15)22-19(20)24/h3-10,13H,11-12H2,1-2H3,(H,21,23)(H3,20,22,24)/t13-/m0/s1. The average Bonchev–Trinajstić information content (AvgIpc) is 2.56. The normalized spacial score (nSPS) is 11.4. The highest BCUT2D eigenvalue weighted by molar-refractivity contribution is 5.92. The number of hydrogen-bond acceptors (Lipinski definition) is 3. The summed E-state index contributed by atoms with van der Waals surface area (Å²) in [5.74, 6) is 0.956. The van der Waals surface area contributed by atoms with Crippen LogP contribution in [0.3, 0.4) is 0 Å². The molecule has 0 aliphatic heterocycles. The van der Waals surface area contributed by atoms with E-state index < -0.39 is 6.03 Å². The molecule has 0 radical (unpaired) electrons. The number of para-hydroxylation sites is 1. The molecule has 6 nitrogen and oxygen atoms in total. The number of primary amides is 1. The summed E-state index contributed by atoms with van der Waals surface area (Å²) in [5.41, 5.74) is 7.39. The summed E-state index contributed by atoms with van der Waals surface area (Å²) < 4.78 is 5.35. The molecule has 0 aliphatic carbocycles. The Labute approximate surface area is 147 Å². The number of anilines is 2. The highest BCUT2D eigenvalue weighted by Crippen LogP contribution is 2.22. The van der Waals surface area contributed by atoms with Gasteiger partial charge < -0.3 is 21.1 Å². The van der Waals surface area contributed by atoms with Gasteiger partial charge in [0.25, 0.3) is 0 Å². The molecule has 0 saturated heterocycles. The molecule has 132 valence electrons. The van der Waals surface area contributed by atoms with E-state index in [0.717, 1.165) is 17.7 Å². The monoisotopic (exact) mass is 341 g/mol. The Balaban J connectivity index is 1.87. The third-order valence-electron chi connectivity index (χ3n) is 3.73. The molecule has 2 aromatic carbocycles. The maximum Gasteiger partial charge on any atom is 0.316 e. The van der Waals surface area contributed by atoms with Gasteiger partial charge in [0.1, 0.15) is 5.75 Å². The first kappa shape index (κ1) is 18.3. The van der Waals surface area contributed by atoms with Crippen molar-refractivity contribution in [2.24, 2.45) is 11.7 Å². The predicted octanol–water partition coefficient (Wildman–Crippen LogP) is 3.39. The van der Waals surface area contributed by atoms with Crippen LogP contribution < -0.4 is 21.1 Å². The Bertz CT molecular complexity index is 729. The van der Waals surface area contributed by atoms with Crippen LogP contribution in [-0.4, -0.2) is 19.0 Å². The van der Waals surface area contributed by atoms with E-state index in [9.17, 15) is 9.59 Å². The largest absolute Gasteiger partial charge is 0.496 e. The van der Waals surface area contributed by atoms with Gasteiger partial charge in [-0.1, -0.05) is 25.1 Å². The molecule has 0 aliphatic rings. The number of benzene rings is 2. The minimum atomic E-state index is -0.623. The van der Waals surface area contributed by atoms with E-state index in [4.69, 9.17) is 10.5 Å². The lowest BCUT2D eigenvalue weighted by atomic mass is 9.97. The minimum Gasteiger partial charge on any atom is -0.496 e. The van der Waals surface area contributed by atoms with Gasteiger partial charge in [-0.2, -0.15) is 0 Å². The van der Waals surface area contributed by atoms with Crippen molar-refractivity contribution in [3.8, 4) is 5.75 Å². The Kier molecular flexibility index (Phi) is 6.39. The van der Waals surface area contributed by atoms with E-state index in [1.165, 1.54) is 0 Å². The zero-order valence-corrected chi connectivity index (χ0v) is 14.4. The molecule has 1 atom stereocenters. The minimum absolute atomic E-state index is 0.0574. The Morgan fingerprint density at radius 3 is 2.24 bits per heavy atom. The predicted molar refractivity (Wildman–Crippen MR) is 98.8 cm³/mol. The van der Waals surface area contributed by atoms with E-state index in [-0.39, 0.29) is 11.8 Å². The van der Waals surface area contributed by atoms with Crippen molar-refractivity contribution in [2.45, 2.75) is 19.8 Å². The second-order valence-corrected chi connectivity index (χ2v) is 5.94. The molecule has 4 N–H and O–H groups in total. The lowest BCUT2D eigenvalue weighted by molar-refractivity contribution is -0.116. The second-order valence-electron chi connectivity index (χ2n) is 5.94. The summed E-state index contributed by atoms with van der Waals surface area (Å²) in [5, 5.41) is 5.32. The summed E-state index contributed by atoms with van der Waals surface area (Å²) in [4.78, 5) is 23.0. The van der Waals surface area contributed by atoms with Crippen molar-refractivity contribution in [3.63, 3.8) is 0 Å². The van der Waals surface area contributed by atoms with Crippen LogP contribution in [0.15, 0.2) is 48.5 Å². The fourth-order valence-corrected chi connectivity index (χ4v) is 2.63. The summed E-state index contributed by atoms with van der Waals surface area (Å²) in [7, 11) is 1.65. The smallest absolute Gasteiger partial charge is 0.316 e. The number of urea groups is 1. The molecule has 0 saturated carbocycles. The Morgan fingerprint density at radius 1 is 1.04 bits per heavy atom. The molecule has 0 fully saturated rings. The van der Waals surface area contributed by atoms with Gasteiger partial charge in [-0.15, -0.1) is 0 Å². The van der Waals surface area contributed by atoms with Gasteiger partial charge in [-0.25, -0.2) is 4.79 Å². The zero-order chi connectivity index (χ0) is 18.2. The number of methoxy groups -OCH3 is 1. The number of nitrogens with two attached hydrogens (primary N) is 1. The van der Waals surface area contributed by atoms with Crippen LogP contribution in [0.5, 0.6) is 5.75 Å². The summed E-state index contributed by atoms with van der Waals surface area (Å²) >= 11 is 0. The topological polar surface area (TPSA) is 93.4 Å². The van der Waals surface area contributed by atoms with Crippen LogP contribution >= 0.6 is 0 Å². The van der Waals surface area contributed by atoms with E-state index in [1.54, 1.807) is 31.4 Å². The van der Waals surface area contributed by atoms with Gasteiger partial charge in [0.15, 0.2) is 0 Å². The fraction of sp³-hybridized carbons (Fsp3) is 0.263. The van der Waals surface area contributed by atoms with E-state index in [0.29, 0.717) is 17.8 Å². The van der Waals surface area contributed by atoms with Crippen LogP contribution in [-0.2, 0) is 11.2 Å². The lowest BCUT2D eigenvalue weighted by Gasteiger charge is -2.14. The maximum absolute atomic E-state index is 12.2. The number of carbonyl (C=O) groups excluding carboxylic acids is 2. The second kappa shape index (κ2) is 8.73. The van der Waals surface area contributed by atoms with Gasteiger partial charge in [-0.05, 0) is 48.2 Å². The lowest BCUT2D eigenvalue weighted by Crippen LogP contribution is -2.19. The SMILES string of the molecule is COc1ccccc1C[C@H](C)CC(=O)Nc1ccc(NC(N)=O)cc1. The van der Waals surface area contributed by atoms with Crippen molar-refractivity contribution in [1.29, 1.82) is 0 Å². The van der Waals surface area contributed by atoms with Crippen LogP contribution in [0.1, 0.15) is 18.9 Å². The highest BCUT2D eigenvalue weighted by atomic mass is 16.5. The average molecular weight is 341 g/mol. The van der Waals surface area contributed by atoms with Gasteiger partial charge >= 0.3 is 6.03 Å². The fourth-order valence-electron chi connectivity index (χ4n) is 2.63. The molecule has 0 bridgehead atoms. The van der Waals surface area contributed by atoms with Gasteiger partial charge in [0.2, 0.25) is 5.91 Å². The number of rotatable bonds is 7. The third-order valence-corrected chi connectivity index (χ3v) is 3.73. The first-order valence-electron chi connectivity index (χ1n) is 8.06. The third kappa shape index (κ3) is 5.84. The summed E-state index contributed by atoms with van der Waals surface area (Å²) in [6.45, 7) is 2.03. The molecule has 0 aromatic heterocycles. The number of nitrogens with one attached hydrogen (secondary N) is 2. The maximum atomic E-state index is 12.2. The van der Waals surface area contributed by atoms with Gasteiger partial charge in [0, 0.05) is 17.8 Å². The van der Waals surface area contributed by atoms with Gasteiger partial charge in [0.05, 0.1) is 7.11 Å². The van der Waals surface area contributed by atoms with Crippen LogP contribution in [0.2, 0.25) is 0 Å². The Hall–Kier alpha value is -3.02. The van der Waals surface area contributed by atoms with Crippen LogP contribution in [0, 0.1) is 5.92 Å². The number of hydrogen-bond donors (Lipinski definition) is 3. The molecule has 0 heterocycles. The molecule has 2 aromatic rings. The van der Waals surface area contributed by atoms with Gasteiger partial charge in [-0.3, -0.25) is 4.79 Å². The number of ether oxygens (including phenoxy) is 1. The van der Waals surface area contributed by atoms with Crippen LogP contribution in [0.25, 0.3) is 0 Å². The van der Waals surface area contributed by atoms with E-state index in [2.05, 4.69) is 10.6 Å². The molecule has 0 unspecified atom stereocenters.